The van der Waals surface area contributed by atoms with Crippen LogP contribution in [-0.4, -0.2) is 30.2 Å². The second-order valence-electron chi connectivity index (χ2n) is 7.92. The molecule has 2 aromatic heterocycles. The Balaban J connectivity index is 1.62. The van der Waals surface area contributed by atoms with Crippen LogP contribution in [0.2, 0.25) is 0 Å². The van der Waals surface area contributed by atoms with E-state index in [0.29, 0.717) is 11.7 Å². The lowest BCUT2D eigenvalue weighted by molar-refractivity contribution is 0.668. The first-order valence-corrected chi connectivity index (χ1v) is 10.2. The van der Waals surface area contributed by atoms with E-state index in [2.05, 4.69) is 81.5 Å². The number of nitrogens with one attached hydrogen (secondary N) is 1. The summed E-state index contributed by atoms with van der Waals surface area (Å²) in [5.74, 6) is 2.17. The number of allylic oxidation sites excluding steroid dienone is 2. The highest BCUT2D eigenvalue weighted by molar-refractivity contribution is 5.82. The number of H-pyrrole nitrogens is 1. The van der Waals surface area contributed by atoms with Gasteiger partial charge in [-0.05, 0) is 53.3 Å². The number of tetrazole rings is 1. The third-order valence-electron chi connectivity index (χ3n) is 5.72. The van der Waals surface area contributed by atoms with Crippen LogP contribution in [0.15, 0.2) is 54.1 Å². The highest BCUT2D eigenvalue weighted by atomic mass is 15.5. The minimum absolute atomic E-state index is 0.375. The van der Waals surface area contributed by atoms with Crippen LogP contribution in [0.25, 0.3) is 28.0 Å². The summed E-state index contributed by atoms with van der Waals surface area (Å²) in [6.07, 6.45) is 3.36. The lowest BCUT2D eigenvalue weighted by atomic mass is 9.96. The standard InChI is InChI=1S/C23H24N6/c1-15(2)23-24-20-12-5-6-13-21(20)29(23)14-16-8-7-11-17(16)18-9-3-4-10-19(18)22-25-27-28-26-22/h3-6,9-10,12-13,15H,7-8,11,14H2,1-2H3,(H,25,26,27,28). The van der Waals surface area contributed by atoms with Gasteiger partial charge in [-0.25, -0.2) is 4.98 Å². The SMILES string of the molecule is CC(C)c1nc2ccccc2n1CC1=C(c2ccccc2-c2nn[nH]n2)CCC1. The molecule has 5 rings (SSSR count). The second-order valence-corrected chi connectivity index (χ2v) is 7.92. The summed E-state index contributed by atoms with van der Waals surface area (Å²) in [6, 6.07) is 16.8. The van der Waals surface area contributed by atoms with Crippen LogP contribution in [0.1, 0.15) is 50.4 Å². The molecule has 0 fully saturated rings. The number of imidazole rings is 1. The fraction of sp³-hybridized carbons (Fsp3) is 0.304. The Morgan fingerprint density at radius 3 is 2.59 bits per heavy atom. The topological polar surface area (TPSA) is 72.3 Å². The van der Waals surface area contributed by atoms with Crippen molar-refractivity contribution in [1.82, 2.24) is 30.2 Å². The van der Waals surface area contributed by atoms with E-state index in [1.807, 2.05) is 6.07 Å². The van der Waals surface area contributed by atoms with Gasteiger partial charge < -0.3 is 4.57 Å². The predicted molar refractivity (Wildman–Crippen MR) is 114 cm³/mol. The van der Waals surface area contributed by atoms with Crippen LogP contribution in [0.4, 0.5) is 0 Å². The van der Waals surface area contributed by atoms with E-state index in [1.165, 1.54) is 28.6 Å². The molecule has 6 heteroatoms. The monoisotopic (exact) mass is 384 g/mol. The maximum absolute atomic E-state index is 4.92. The molecular formula is C23H24N6. The zero-order chi connectivity index (χ0) is 19.8. The van der Waals surface area contributed by atoms with Crippen molar-refractivity contribution in [3.05, 3.63) is 65.5 Å². The first kappa shape index (κ1) is 17.8. The maximum Gasteiger partial charge on any atom is 0.205 e. The predicted octanol–water partition coefficient (Wildman–Crippen LogP) is 4.98. The van der Waals surface area contributed by atoms with Gasteiger partial charge in [0.1, 0.15) is 5.82 Å². The van der Waals surface area contributed by atoms with Gasteiger partial charge in [0.2, 0.25) is 5.82 Å². The van der Waals surface area contributed by atoms with Crippen molar-refractivity contribution in [2.75, 3.05) is 0 Å². The van der Waals surface area contributed by atoms with Crippen molar-refractivity contribution in [2.45, 2.75) is 45.6 Å². The quantitative estimate of drug-likeness (QED) is 0.527. The minimum atomic E-state index is 0.375. The summed E-state index contributed by atoms with van der Waals surface area (Å²) in [4.78, 5) is 4.92. The molecule has 4 aromatic rings. The molecule has 0 saturated carbocycles. The Labute approximate surface area is 169 Å². The van der Waals surface area contributed by atoms with Crippen molar-refractivity contribution in [3.8, 4) is 11.4 Å². The summed E-state index contributed by atoms with van der Waals surface area (Å²) in [6.45, 7) is 5.31. The van der Waals surface area contributed by atoms with Crippen molar-refractivity contribution in [3.63, 3.8) is 0 Å². The van der Waals surface area contributed by atoms with Gasteiger partial charge in [0.25, 0.3) is 0 Å². The van der Waals surface area contributed by atoms with Gasteiger partial charge in [-0.3, -0.25) is 0 Å². The Hall–Kier alpha value is -3.28. The molecule has 0 saturated heterocycles. The van der Waals surface area contributed by atoms with E-state index in [1.54, 1.807) is 0 Å². The molecule has 146 valence electrons. The Morgan fingerprint density at radius 1 is 1.00 bits per heavy atom. The number of para-hydroxylation sites is 2. The van der Waals surface area contributed by atoms with Crippen molar-refractivity contribution >= 4 is 16.6 Å². The molecule has 6 nitrogen and oxygen atoms in total. The smallest absolute Gasteiger partial charge is 0.205 e. The fourth-order valence-electron chi connectivity index (χ4n) is 4.41. The van der Waals surface area contributed by atoms with Gasteiger partial charge in [-0.1, -0.05) is 50.2 Å². The van der Waals surface area contributed by atoms with E-state index in [0.717, 1.165) is 36.3 Å². The molecule has 0 bridgehead atoms. The van der Waals surface area contributed by atoms with Gasteiger partial charge in [-0.15, -0.1) is 10.2 Å². The Bertz CT molecular complexity index is 1180. The first-order valence-electron chi connectivity index (χ1n) is 10.2. The molecule has 0 aliphatic heterocycles. The third-order valence-corrected chi connectivity index (χ3v) is 5.72. The zero-order valence-electron chi connectivity index (χ0n) is 16.8. The van der Waals surface area contributed by atoms with E-state index in [-0.39, 0.29) is 0 Å². The summed E-state index contributed by atoms with van der Waals surface area (Å²) in [5, 5.41) is 14.7. The molecule has 0 spiro atoms. The van der Waals surface area contributed by atoms with Gasteiger partial charge in [0, 0.05) is 18.0 Å². The van der Waals surface area contributed by atoms with Crippen molar-refractivity contribution in [1.29, 1.82) is 0 Å². The molecule has 0 unspecified atom stereocenters. The largest absolute Gasteiger partial charge is 0.324 e. The molecule has 2 heterocycles. The van der Waals surface area contributed by atoms with Gasteiger partial charge >= 0.3 is 0 Å². The third kappa shape index (κ3) is 3.14. The van der Waals surface area contributed by atoms with Crippen LogP contribution in [0.3, 0.4) is 0 Å². The molecular weight excluding hydrogens is 360 g/mol. The zero-order valence-corrected chi connectivity index (χ0v) is 16.8. The summed E-state index contributed by atoms with van der Waals surface area (Å²) < 4.78 is 2.40. The van der Waals surface area contributed by atoms with Gasteiger partial charge in [0.05, 0.1) is 11.0 Å². The van der Waals surface area contributed by atoms with E-state index < -0.39 is 0 Å². The number of aromatic amines is 1. The Morgan fingerprint density at radius 2 is 1.79 bits per heavy atom. The van der Waals surface area contributed by atoms with E-state index in [9.17, 15) is 0 Å². The lowest BCUT2D eigenvalue weighted by Gasteiger charge is -2.15. The van der Waals surface area contributed by atoms with Gasteiger partial charge in [-0.2, -0.15) is 5.21 Å². The Kier molecular flexibility index (Phi) is 4.46. The highest BCUT2D eigenvalue weighted by Gasteiger charge is 2.22. The summed E-state index contributed by atoms with van der Waals surface area (Å²) in [5.41, 5.74) is 7.43. The normalized spacial score (nSPS) is 14.4. The lowest BCUT2D eigenvalue weighted by Crippen LogP contribution is -2.08. The minimum Gasteiger partial charge on any atom is -0.324 e. The number of hydrogen-bond donors (Lipinski definition) is 1. The molecule has 29 heavy (non-hydrogen) atoms. The van der Waals surface area contributed by atoms with Crippen LogP contribution < -0.4 is 0 Å². The molecule has 1 N–H and O–H groups in total. The average Bonchev–Trinajstić information content (AvgIpc) is 3.49. The fourth-order valence-corrected chi connectivity index (χ4v) is 4.41. The van der Waals surface area contributed by atoms with Crippen LogP contribution in [0, 0.1) is 0 Å². The van der Waals surface area contributed by atoms with Gasteiger partial charge in [0.15, 0.2) is 0 Å². The summed E-state index contributed by atoms with van der Waals surface area (Å²) in [7, 11) is 0. The number of aromatic nitrogens is 6. The molecule has 0 atom stereocenters. The number of nitrogens with zero attached hydrogens (tertiary/aromatic N) is 5. The molecule has 0 radical (unpaired) electrons. The maximum atomic E-state index is 4.92. The molecule has 0 amide bonds. The molecule has 2 aromatic carbocycles. The molecule has 1 aliphatic rings. The number of rotatable bonds is 5. The van der Waals surface area contributed by atoms with Crippen LogP contribution in [0.5, 0.6) is 0 Å². The number of hydrogen-bond acceptors (Lipinski definition) is 4. The number of fused-ring (bicyclic) bond motifs is 1. The summed E-state index contributed by atoms with van der Waals surface area (Å²) >= 11 is 0. The van der Waals surface area contributed by atoms with Crippen LogP contribution >= 0.6 is 0 Å². The first-order chi connectivity index (χ1) is 14.2. The van der Waals surface area contributed by atoms with E-state index in [4.69, 9.17) is 4.98 Å². The van der Waals surface area contributed by atoms with E-state index >= 15 is 0 Å². The van der Waals surface area contributed by atoms with Crippen LogP contribution in [-0.2, 0) is 6.54 Å². The number of benzene rings is 2. The van der Waals surface area contributed by atoms with Crippen molar-refractivity contribution in [2.24, 2.45) is 0 Å². The average molecular weight is 384 g/mol. The second kappa shape index (κ2) is 7.28. The van der Waals surface area contributed by atoms with Crippen molar-refractivity contribution < 1.29 is 0 Å². The highest BCUT2D eigenvalue weighted by Crippen LogP contribution is 2.39. The molecule has 1 aliphatic carbocycles.